The first-order chi connectivity index (χ1) is 7.24. The van der Waals surface area contributed by atoms with Crippen molar-refractivity contribution in [1.29, 1.82) is 0 Å². The third-order valence-corrected chi connectivity index (χ3v) is 1.89. The lowest BCUT2D eigenvalue weighted by Gasteiger charge is -1.95. The number of azide groups is 1. The molecule has 0 fully saturated rings. The molecule has 0 bridgehead atoms. The van der Waals surface area contributed by atoms with Crippen LogP contribution in [0.25, 0.3) is 10.4 Å². The zero-order chi connectivity index (χ0) is 11.1. The molecule has 76 valence electrons. The number of phenolic OH excluding ortho intramolecular Hbond substituents is 1. The smallest absolute Gasteiger partial charge is 0.117 e. The Hall–Kier alpha value is -1.82. The first-order valence-corrected chi connectivity index (χ1v) is 4.60. The van der Waals surface area contributed by atoms with Crippen LogP contribution in [0, 0.1) is 11.8 Å². The van der Waals surface area contributed by atoms with Gasteiger partial charge in [0.25, 0.3) is 0 Å². The molecule has 0 aliphatic rings. The summed E-state index contributed by atoms with van der Waals surface area (Å²) >= 11 is 5.83. The number of hydrogen-bond donors (Lipinski definition) is 1. The maximum absolute atomic E-state index is 9.09. The van der Waals surface area contributed by atoms with Gasteiger partial charge in [0.05, 0.1) is 5.02 Å². The van der Waals surface area contributed by atoms with Crippen molar-refractivity contribution in [2.45, 2.75) is 6.42 Å². The monoisotopic (exact) mass is 221 g/mol. The van der Waals surface area contributed by atoms with Crippen molar-refractivity contribution in [3.8, 4) is 17.6 Å². The van der Waals surface area contributed by atoms with Crippen LogP contribution < -0.4 is 0 Å². The van der Waals surface area contributed by atoms with Crippen molar-refractivity contribution in [1.82, 2.24) is 0 Å². The lowest BCUT2D eigenvalue weighted by atomic mass is 10.2. The van der Waals surface area contributed by atoms with Crippen molar-refractivity contribution in [2.24, 2.45) is 5.11 Å². The Morgan fingerprint density at radius 2 is 2.33 bits per heavy atom. The van der Waals surface area contributed by atoms with Gasteiger partial charge >= 0.3 is 0 Å². The summed E-state index contributed by atoms with van der Waals surface area (Å²) < 4.78 is 0. The van der Waals surface area contributed by atoms with Crippen LogP contribution in [0.4, 0.5) is 0 Å². The number of hydrogen-bond acceptors (Lipinski definition) is 2. The van der Waals surface area contributed by atoms with Gasteiger partial charge in [-0.15, -0.1) is 0 Å². The van der Waals surface area contributed by atoms with E-state index in [1.54, 1.807) is 6.07 Å². The molecular formula is C10H8ClN3O. The van der Waals surface area contributed by atoms with E-state index in [9.17, 15) is 0 Å². The number of halogens is 1. The Balaban J connectivity index is 2.67. The SMILES string of the molecule is [N-]=[N+]=NCCC#Cc1ccc(O)cc1Cl. The van der Waals surface area contributed by atoms with Crippen LogP contribution >= 0.6 is 11.6 Å². The molecule has 0 saturated heterocycles. The first-order valence-electron chi connectivity index (χ1n) is 4.22. The van der Waals surface area contributed by atoms with Crippen molar-refractivity contribution in [3.63, 3.8) is 0 Å². The van der Waals surface area contributed by atoms with Crippen LogP contribution in [0.5, 0.6) is 5.75 Å². The lowest BCUT2D eigenvalue weighted by molar-refractivity contribution is 0.475. The molecule has 4 nitrogen and oxygen atoms in total. The minimum absolute atomic E-state index is 0.111. The van der Waals surface area contributed by atoms with Gasteiger partial charge in [0, 0.05) is 23.4 Å². The average molecular weight is 222 g/mol. The van der Waals surface area contributed by atoms with Gasteiger partial charge in [-0.1, -0.05) is 28.6 Å². The van der Waals surface area contributed by atoms with Crippen molar-refractivity contribution in [3.05, 3.63) is 39.2 Å². The average Bonchev–Trinajstić information content (AvgIpc) is 2.20. The molecule has 1 rings (SSSR count). The molecule has 5 heteroatoms. The summed E-state index contributed by atoms with van der Waals surface area (Å²) in [6, 6.07) is 4.58. The molecule has 1 N–H and O–H groups in total. The fourth-order valence-corrected chi connectivity index (χ4v) is 1.14. The standard InChI is InChI=1S/C10H8ClN3O/c11-10-7-9(15)5-4-8(10)3-1-2-6-13-14-12/h4-5,7,15H,2,6H2. The van der Waals surface area contributed by atoms with Crippen LogP contribution in [0.1, 0.15) is 12.0 Å². The predicted molar refractivity (Wildman–Crippen MR) is 58.6 cm³/mol. The highest BCUT2D eigenvalue weighted by Crippen LogP contribution is 2.20. The van der Waals surface area contributed by atoms with E-state index in [2.05, 4.69) is 21.9 Å². The van der Waals surface area contributed by atoms with E-state index in [-0.39, 0.29) is 5.75 Å². The number of rotatable bonds is 2. The molecule has 0 heterocycles. The number of benzene rings is 1. The van der Waals surface area contributed by atoms with Crippen LogP contribution in [0.15, 0.2) is 23.3 Å². The summed E-state index contributed by atoms with van der Waals surface area (Å²) in [5.74, 6) is 5.75. The van der Waals surface area contributed by atoms with Crippen LogP contribution in [0.3, 0.4) is 0 Å². The van der Waals surface area contributed by atoms with E-state index in [1.807, 2.05) is 0 Å². The van der Waals surface area contributed by atoms with Gasteiger partial charge in [-0.05, 0) is 23.7 Å². The number of aromatic hydroxyl groups is 1. The largest absolute Gasteiger partial charge is 0.508 e. The van der Waals surface area contributed by atoms with Crippen molar-refractivity contribution >= 4 is 11.6 Å². The van der Waals surface area contributed by atoms with Crippen molar-refractivity contribution < 1.29 is 5.11 Å². The van der Waals surface area contributed by atoms with E-state index in [0.717, 1.165) is 0 Å². The zero-order valence-corrected chi connectivity index (χ0v) is 8.57. The van der Waals surface area contributed by atoms with Crippen molar-refractivity contribution in [2.75, 3.05) is 6.54 Å². The van der Waals surface area contributed by atoms with Crippen LogP contribution in [-0.4, -0.2) is 11.7 Å². The molecule has 0 radical (unpaired) electrons. The molecule has 0 aliphatic heterocycles. The highest BCUT2D eigenvalue weighted by Gasteiger charge is 1.96. The van der Waals surface area contributed by atoms with E-state index in [4.69, 9.17) is 22.2 Å². The lowest BCUT2D eigenvalue weighted by Crippen LogP contribution is -1.78. The molecular weight excluding hydrogens is 214 g/mol. The molecule has 0 spiro atoms. The van der Waals surface area contributed by atoms with E-state index in [0.29, 0.717) is 23.6 Å². The zero-order valence-electron chi connectivity index (χ0n) is 7.81. The predicted octanol–water partition coefficient (Wildman–Crippen LogP) is 3.10. The van der Waals surface area contributed by atoms with Gasteiger partial charge in [-0.3, -0.25) is 0 Å². The summed E-state index contributed by atoms with van der Waals surface area (Å²) in [5, 5.41) is 12.8. The maximum atomic E-state index is 9.09. The third kappa shape index (κ3) is 3.82. The fraction of sp³-hybridized carbons (Fsp3) is 0.200. The van der Waals surface area contributed by atoms with Gasteiger partial charge in [-0.25, -0.2) is 0 Å². The highest BCUT2D eigenvalue weighted by atomic mass is 35.5. The highest BCUT2D eigenvalue weighted by molar-refractivity contribution is 6.31. The second-order valence-electron chi connectivity index (χ2n) is 2.67. The number of nitrogens with zero attached hydrogens (tertiary/aromatic N) is 3. The van der Waals surface area contributed by atoms with E-state index < -0.39 is 0 Å². The van der Waals surface area contributed by atoms with Crippen LogP contribution in [-0.2, 0) is 0 Å². The summed E-state index contributed by atoms with van der Waals surface area (Å²) in [5.41, 5.74) is 8.67. The Morgan fingerprint density at radius 1 is 1.53 bits per heavy atom. The topological polar surface area (TPSA) is 69.0 Å². The summed E-state index contributed by atoms with van der Waals surface area (Å²) in [6.07, 6.45) is 0.487. The van der Waals surface area contributed by atoms with Crippen LogP contribution in [0.2, 0.25) is 5.02 Å². The summed E-state index contributed by atoms with van der Waals surface area (Å²) in [4.78, 5) is 2.61. The molecule has 1 aromatic carbocycles. The molecule has 15 heavy (non-hydrogen) atoms. The Morgan fingerprint density at radius 3 is 3.00 bits per heavy atom. The maximum Gasteiger partial charge on any atom is 0.117 e. The Kier molecular flexibility index (Phi) is 4.36. The quantitative estimate of drug-likeness (QED) is 0.269. The van der Waals surface area contributed by atoms with Gasteiger partial charge in [0.1, 0.15) is 5.75 Å². The molecule has 0 amide bonds. The molecule has 1 aromatic rings. The Bertz CT molecular complexity index is 455. The first kappa shape index (κ1) is 11.3. The molecule has 0 unspecified atom stereocenters. The third-order valence-electron chi connectivity index (χ3n) is 1.58. The van der Waals surface area contributed by atoms with E-state index in [1.165, 1.54) is 12.1 Å². The minimum atomic E-state index is 0.111. The Labute approximate surface area is 92.1 Å². The van der Waals surface area contributed by atoms with Gasteiger partial charge in [0.2, 0.25) is 0 Å². The molecule has 0 saturated carbocycles. The number of phenols is 1. The second kappa shape index (κ2) is 5.82. The minimum Gasteiger partial charge on any atom is -0.508 e. The molecule has 0 atom stereocenters. The summed E-state index contributed by atoms with van der Waals surface area (Å²) in [7, 11) is 0. The summed E-state index contributed by atoms with van der Waals surface area (Å²) in [6.45, 7) is 0.346. The van der Waals surface area contributed by atoms with Gasteiger partial charge in [0.15, 0.2) is 0 Å². The molecule has 0 aromatic heterocycles. The van der Waals surface area contributed by atoms with Gasteiger partial charge < -0.3 is 5.11 Å². The van der Waals surface area contributed by atoms with E-state index >= 15 is 0 Å². The fourth-order valence-electron chi connectivity index (χ4n) is 0.914. The second-order valence-corrected chi connectivity index (χ2v) is 3.08. The van der Waals surface area contributed by atoms with Gasteiger partial charge in [-0.2, -0.15) is 0 Å². The molecule has 0 aliphatic carbocycles. The normalized spacial score (nSPS) is 8.60.